The lowest BCUT2D eigenvalue weighted by molar-refractivity contribution is -0.210. The van der Waals surface area contributed by atoms with Crippen molar-refractivity contribution in [2.24, 2.45) is 11.8 Å². The van der Waals surface area contributed by atoms with Crippen LogP contribution in [0.15, 0.2) is 12.1 Å². The summed E-state index contributed by atoms with van der Waals surface area (Å²) in [5.41, 5.74) is -0.585. The van der Waals surface area contributed by atoms with Gasteiger partial charge in [0.2, 0.25) is 5.69 Å². The van der Waals surface area contributed by atoms with E-state index in [0.29, 0.717) is 6.42 Å². The van der Waals surface area contributed by atoms with Crippen LogP contribution in [0.2, 0.25) is 0 Å². The molecule has 1 aliphatic carbocycles. The van der Waals surface area contributed by atoms with Gasteiger partial charge >= 0.3 is 6.18 Å². The van der Waals surface area contributed by atoms with Gasteiger partial charge in [-0.15, -0.1) is 0 Å². The highest BCUT2D eigenvalue weighted by Gasteiger charge is 2.60. The molecule has 1 aliphatic heterocycles. The van der Waals surface area contributed by atoms with Gasteiger partial charge in [-0.3, -0.25) is 0 Å². The first-order valence-corrected chi connectivity index (χ1v) is 6.87. The van der Waals surface area contributed by atoms with Crippen LogP contribution in [0, 0.1) is 30.8 Å². The van der Waals surface area contributed by atoms with E-state index in [-0.39, 0.29) is 29.8 Å². The molecule has 3 rings (SSSR count). The Hall–Kier alpha value is -2.32. The van der Waals surface area contributed by atoms with Crippen molar-refractivity contribution in [1.29, 1.82) is 0 Å². The second-order valence-corrected chi connectivity index (χ2v) is 5.81. The summed E-state index contributed by atoms with van der Waals surface area (Å²) in [4.78, 5) is 7.32. The van der Waals surface area contributed by atoms with Gasteiger partial charge in [0.05, 0.1) is 19.2 Å². The van der Waals surface area contributed by atoms with Gasteiger partial charge in [-0.05, 0) is 30.4 Å². The second-order valence-electron chi connectivity index (χ2n) is 5.81. The fourth-order valence-corrected chi connectivity index (χ4v) is 3.31. The molecule has 1 saturated heterocycles. The van der Waals surface area contributed by atoms with Gasteiger partial charge in [-0.1, -0.05) is 0 Å². The molecular formula is C15H11F4N3O. The van der Waals surface area contributed by atoms with E-state index in [9.17, 15) is 22.7 Å². The lowest BCUT2D eigenvalue weighted by Gasteiger charge is -2.34. The van der Waals surface area contributed by atoms with Crippen molar-refractivity contribution in [3.8, 4) is 0 Å². The normalized spacial score (nSPS) is 27.1. The number of fused-ring (bicyclic) bond motifs is 1. The van der Waals surface area contributed by atoms with Crippen molar-refractivity contribution in [2.75, 3.05) is 11.4 Å². The topological polar surface area (TPSA) is 32.2 Å². The molecule has 0 amide bonds. The number of rotatable bonds is 2. The Kier molecular flexibility index (Phi) is 3.46. The molecule has 2 aliphatic rings. The number of aliphatic hydroxyl groups is 1. The van der Waals surface area contributed by atoms with Gasteiger partial charge in [0.25, 0.3) is 0 Å². The zero-order valence-corrected chi connectivity index (χ0v) is 11.7. The van der Waals surface area contributed by atoms with Crippen molar-refractivity contribution < 1.29 is 22.7 Å². The minimum absolute atomic E-state index is 0.0389. The van der Waals surface area contributed by atoms with E-state index in [4.69, 9.17) is 13.1 Å². The van der Waals surface area contributed by atoms with Crippen LogP contribution in [0.4, 0.5) is 34.6 Å². The number of halogens is 4. The predicted octanol–water partition coefficient (Wildman–Crippen LogP) is 3.68. The minimum Gasteiger partial charge on any atom is -0.382 e. The van der Waals surface area contributed by atoms with Crippen molar-refractivity contribution >= 4 is 17.1 Å². The largest absolute Gasteiger partial charge is 0.416 e. The number of aliphatic hydroxyl groups excluding tert-OH is 1. The van der Waals surface area contributed by atoms with E-state index in [1.165, 1.54) is 11.0 Å². The van der Waals surface area contributed by atoms with Gasteiger partial charge in [0.1, 0.15) is 5.82 Å². The van der Waals surface area contributed by atoms with Crippen LogP contribution in [0.3, 0.4) is 0 Å². The van der Waals surface area contributed by atoms with E-state index in [1.807, 2.05) is 0 Å². The summed E-state index contributed by atoms with van der Waals surface area (Å²) in [6, 6.07) is 0.990. The van der Waals surface area contributed by atoms with Crippen LogP contribution in [0.1, 0.15) is 6.42 Å². The maximum absolute atomic E-state index is 14.0. The fraction of sp³-hybridized carbons (Fsp3) is 0.467. The highest BCUT2D eigenvalue weighted by Crippen LogP contribution is 2.54. The van der Waals surface area contributed by atoms with Crippen molar-refractivity contribution in [2.45, 2.75) is 24.7 Å². The third kappa shape index (κ3) is 2.49. The van der Waals surface area contributed by atoms with Crippen LogP contribution in [-0.2, 0) is 0 Å². The highest BCUT2D eigenvalue weighted by molar-refractivity contribution is 5.76. The summed E-state index contributed by atoms with van der Waals surface area (Å²) in [5.74, 6) is -1.19. The van der Waals surface area contributed by atoms with Crippen LogP contribution >= 0.6 is 0 Å². The Morgan fingerprint density at radius 3 is 2.52 bits per heavy atom. The number of nitrogens with zero attached hydrogens (tertiary/aromatic N) is 3. The molecule has 0 unspecified atom stereocenters. The van der Waals surface area contributed by atoms with Crippen molar-refractivity contribution in [3.63, 3.8) is 0 Å². The van der Waals surface area contributed by atoms with E-state index in [1.54, 1.807) is 0 Å². The first-order chi connectivity index (χ1) is 10.8. The third-order valence-corrected chi connectivity index (χ3v) is 4.46. The molecule has 0 bridgehead atoms. The van der Waals surface area contributed by atoms with Crippen LogP contribution in [0.25, 0.3) is 9.69 Å². The van der Waals surface area contributed by atoms with Gasteiger partial charge in [0, 0.05) is 12.2 Å². The monoisotopic (exact) mass is 325 g/mol. The maximum atomic E-state index is 14.0. The number of piperidine rings is 1. The van der Waals surface area contributed by atoms with Gasteiger partial charge in [-0.2, -0.15) is 13.2 Å². The quantitative estimate of drug-likeness (QED) is 0.664. The van der Waals surface area contributed by atoms with Crippen LogP contribution in [0.5, 0.6) is 0 Å². The maximum Gasteiger partial charge on any atom is 0.416 e. The Morgan fingerprint density at radius 2 is 1.96 bits per heavy atom. The molecule has 23 heavy (non-hydrogen) atoms. The van der Waals surface area contributed by atoms with Gasteiger partial charge < -0.3 is 10.0 Å². The van der Waals surface area contributed by atoms with Gasteiger partial charge in [0.15, 0.2) is 11.8 Å². The summed E-state index contributed by atoms with van der Waals surface area (Å²) >= 11 is 0. The summed E-state index contributed by atoms with van der Waals surface area (Å²) in [5, 5.41) is 9.64. The second kappa shape index (κ2) is 5.10. The number of benzene rings is 1. The molecule has 1 aromatic rings. The van der Waals surface area contributed by atoms with Crippen LogP contribution < -0.4 is 4.90 Å². The molecule has 4 atom stereocenters. The SMILES string of the molecule is [C-]#[N+]c1cc(N2C[C@H]3C[C@H]3[C@@H]2[C@H](O)C(F)(F)F)cc(F)c1[N+]#[C-]. The molecule has 0 radical (unpaired) electrons. The fourth-order valence-electron chi connectivity index (χ4n) is 3.31. The van der Waals surface area contributed by atoms with E-state index in [2.05, 4.69) is 9.69 Å². The number of alkyl halides is 3. The number of anilines is 1. The van der Waals surface area contributed by atoms with E-state index >= 15 is 0 Å². The predicted molar refractivity (Wildman–Crippen MR) is 73.7 cm³/mol. The lowest BCUT2D eigenvalue weighted by Crippen LogP contribution is -2.49. The Labute approximate surface area is 129 Å². The molecule has 1 N–H and O–H groups in total. The minimum atomic E-state index is -4.77. The van der Waals surface area contributed by atoms with E-state index in [0.717, 1.165) is 6.07 Å². The molecule has 0 spiro atoms. The molecule has 2 fully saturated rings. The molecule has 4 nitrogen and oxygen atoms in total. The highest BCUT2D eigenvalue weighted by atomic mass is 19.4. The van der Waals surface area contributed by atoms with Crippen molar-refractivity contribution in [3.05, 3.63) is 40.8 Å². The number of hydrogen-bond acceptors (Lipinski definition) is 2. The molecule has 1 saturated carbocycles. The molecule has 8 heteroatoms. The molecule has 0 aromatic heterocycles. The molecule has 120 valence electrons. The lowest BCUT2D eigenvalue weighted by atomic mass is 10.0. The number of hydrogen-bond donors (Lipinski definition) is 1. The molecule has 1 heterocycles. The smallest absolute Gasteiger partial charge is 0.382 e. The standard InChI is InChI=1S/C15H11F4N3O/c1-20-11-5-8(4-10(16)12(11)21-2)22-6-7-3-9(7)13(22)14(23)15(17,18)19/h4-5,7,9,13-14,23H,3,6H2/t7-,9-,13-,14+/m1/s1. The Bertz CT molecular complexity index is 734. The first-order valence-electron chi connectivity index (χ1n) is 6.87. The zero-order valence-electron chi connectivity index (χ0n) is 11.7. The summed E-state index contributed by atoms with van der Waals surface area (Å²) in [6.45, 7) is 14.2. The van der Waals surface area contributed by atoms with Crippen molar-refractivity contribution in [1.82, 2.24) is 0 Å². The van der Waals surface area contributed by atoms with E-state index < -0.39 is 29.8 Å². The zero-order chi connectivity index (χ0) is 16.9. The van der Waals surface area contributed by atoms with Crippen LogP contribution in [-0.4, -0.2) is 30.0 Å². The molecular weight excluding hydrogens is 314 g/mol. The summed E-state index contributed by atoms with van der Waals surface area (Å²) in [7, 11) is 0. The Balaban J connectivity index is 2.00. The summed E-state index contributed by atoms with van der Waals surface area (Å²) in [6.07, 6.45) is -6.69. The average Bonchev–Trinajstić information content (AvgIpc) is 3.15. The summed E-state index contributed by atoms with van der Waals surface area (Å²) < 4.78 is 52.6. The average molecular weight is 325 g/mol. The third-order valence-electron chi connectivity index (χ3n) is 4.46. The van der Waals surface area contributed by atoms with Gasteiger partial charge in [-0.25, -0.2) is 14.1 Å². The molecule has 1 aromatic carbocycles. The Morgan fingerprint density at radius 1 is 1.26 bits per heavy atom. The first kappa shape index (κ1) is 15.6.